The molecule has 144 valence electrons. The second-order valence-corrected chi connectivity index (χ2v) is 7.20. The van der Waals surface area contributed by atoms with Gasteiger partial charge in [-0.25, -0.2) is 9.97 Å². The van der Waals surface area contributed by atoms with E-state index in [4.69, 9.17) is 9.51 Å². The summed E-state index contributed by atoms with van der Waals surface area (Å²) in [6.45, 7) is 6.42. The molecule has 0 saturated carbocycles. The zero-order chi connectivity index (χ0) is 19.7. The molecule has 0 radical (unpaired) electrons. The highest BCUT2D eigenvalue weighted by Crippen LogP contribution is 2.33. The topological polar surface area (TPSA) is 85.0 Å². The molecule has 1 amide bonds. The molecular weight excluding hydrogens is 354 g/mol. The van der Waals surface area contributed by atoms with E-state index in [9.17, 15) is 4.79 Å². The number of rotatable bonds is 3. The summed E-state index contributed by atoms with van der Waals surface area (Å²) in [5.74, 6) is 1.38. The van der Waals surface area contributed by atoms with Crippen LogP contribution in [0, 0.1) is 20.8 Å². The monoisotopic (exact) mass is 377 g/mol. The highest BCUT2D eigenvalue weighted by atomic mass is 16.5. The number of amides is 1. The first-order valence-corrected chi connectivity index (χ1v) is 9.54. The van der Waals surface area contributed by atoms with E-state index in [0.29, 0.717) is 17.9 Å². The van der Waals surface area contributed by atoms with Crippen LogP contribution < -0.4 is 0 Å². The number of aryl methyl sites for hydroxylation is 3. The summed E-state index contributed by atoms with van der Waals surface area (Å²) in [5, 5.41) is 4.04. The van der Waals surface area contributed by atoms with Gasteiger partial charge in [-0.2, -0.15) is 0 Å². The fourth-order valence-electron chi connectivity index (χ4n) is 3.82. The van der Waals surface area contributed by atoms with Gasteiger partial charge in [0.15, 0.2) is 5.82 Å². The Labute approximate surface area is 163 Å². The van der Waals surface area contributed by atoms with Gasteiger partial charge < -0.3 is 9.42 Å². The Balaban J connectivity index is 1.73. The van der Waals surface area contributed by atoms with E-state index in [1.54, 1.807) is 24.5 Å². The first-order chi connectivity index (χ1) is 13.5. The molecule has 1 aliphatic rings. The van der Waals surface area contributed by atoms with Crippen LogP contribution >= 0.6 is 0 Å². The predicted molar refractivity (Wildman–Crippen MR) is 104 cm³/mol. The maximum atomic E-state index is 13.1. The van der Waals surface area contributed by atoms with Crippen LogP contribution in [0.4, 0.5) is 0 Å². The van der Waals surface area contributed by atoms with Crippen LogP contribution in [0.5, 0.6) is 0 Å². The Morgan fingerprint density at radius 3 is 2.79 bits per heavy atom. The summed E-state index contributed by atoms with van der Waals surface area (Å²) in [6.07, 6.45) is 6.14. The van der Waals surface area contributed by atoms with Crippen molar-refractivity contribution in [2.45, 2.75) is 46.1 Å². The van der Waals surface area contributed by atoms with Gasteiger partial charge in [0.2, 0.25) is 0 Å². The van der Waals surface area contributed by atoms with Gasteiger partial charge in [0, 0.05) is 24.6 Å². The lowest BCUT2D eigenvalue weighted by atomic mass is 9.99. The zero-order valence-corrected chi connectivity index (χ0v) is 16.3. The SMILES string of the molecule is Cc1cc(-c2c(C)noc2C)nc(C2CCCCN2C(=O)c2cccnc2)n1. The summed E-state index contributed by atoms with van der Waals surface area (Å²) in [5.41, 5.74) is 3.94. The van der Waals surface area contributed by atoms with Crippen molar-refractivity contribution < 1.29 is 9.32 Å². The molecule has 0 bridgehead atoms. The van der Waals surface area contributed by atoms with Gasteiger partial charge in [-0.05, 0) is 58.2 Å². The van der Waals surface area contributed by atoms with Gasteiger partial charge in [0.05, 0.1) is 28.6 Å². The lowest BCUT2D eigenvalue weighted by molar-refractivity contribution is 0.0599. The van der Waals surface area contributed by atoms with E-state index in [1.807, 2.05) is 31.7 Å². The predicted octanol–water partition coefficient (Wildman–Crippen LogP) is 3.82. The number of pyridine rings is 1. The third kappa shape index (κ3) is 3.40. The van der Waals surface area contributed by atoms with E-state index in [2.05, 4.69) is 15.1 Å². The summed E-state index contributed by atoms with van der Waals surface area (Å²) in [6, 6.07) is 5.37. The minimum atomic E-state index is -0.152. The number of carbonyl (C=O) groups is 1. The van der Waals surface area contributed by atoms with Crippen LogP contribution in [0.25, 0.3) is 11.3 Å². The molecule has 0 spiro atoms. The van der Waals surface area contributed by atoms with E-state index in [0.717, 1.165) is 47.7 Å². The summed E-state index contributed by atoms with van der Waals surface area (Å²) >= 11 is 0. The average Bonchev–Trinajstić information content (AvgIpc) is 3.06. The van der Waals surface area contributed by atoms with Crippen molar-refractivity contribution in [3.63, 3.8) is 0 Å². The Hall–Kier alpha value is -3.09. The number of nitrogens with zero attached hydrogens (tertiary/aromatic N) is 5. The van der Waals surface area contributed by atoms with Gasteiger partial charge >= 0.3 is 0 Å². The van der Waals surface area contributed by atoms with Crippen molar-refractivity contribution >= 4 is 5.91 Å². The number of hydrogen-bond acceptors (Lipinski definition) is 6. The number of aromatic nitrogens is 4. The maximum absolute atomic E-state index is 13.1. The molecule has 3 aromatic rings. The molecule has 3 aromatic heterocycles. The molecule has 4 rings (SSSR count). The van der Waals surface area contributed by atoms with Crippen LogP contribution in [0.3, 0.4) is 0 Å². The van der Waals surface area contributed by atoms with Crippen molar-refractivity contribution in [1.82, 2.24) is 25.0 Å². The van der Waals surface area contributed by atoms with Gasteiger partial charge in [0.1, 0.15) is 5.76 Å². The van der Waals surface area contributed by atoms with Crippen molar-refractivity contribution in [2.75, 3.05) is 6.54 Å². The molecule has 7 heteroatoms. The summed E-state index contributed by atoms with van der Waals surface area (Å²) < 4.78 is 5.31. The van der Waals surface area contributed by atoms with Gasteiger partial charge in [-0.1, -0.05) is 5.16 Å². The molecule has 1 fully saturated rings. The number of hydrogen-bond donors (Lipinski definition) is 0. The van der Waals surface area contributed by atoms with E-state index in [1.165, 1.54) is 0 Å². The van der Waals surface area contributed by atoms with E-state index >= 15 is 0 Å². The fraction of sp³-hybridized carbons (Fsp3) is 0.381. The zero-order valence-electron chi connectivity index (χ0n) is 16.3. The van der Waals surface area contributed by atoms with E-state index in [-0.39, 0.29) is 11.9 Å². The Morgan fingerprint density at radius 1 is 1.21 bits per heavy atom. The lowest BCUT2D eigenvalue weighted by Gasteiger charge is -2.35. The highest BCUT2D eigenvalue weighted by Gasteiger charge is 2.31. The van der Waals surface area contributed by atoms with Crippen molar-refractivity contribution in [3.8, 4) is 11.3 Å². The minimum Gasteiger partial charge on any atom is -0.361 e. The highest BCUT2D eigenvalue weighted by molar-refractivity contribution is 5.94. The third-order valence-electron chi connectivity index (χ3n) is 5.13. The second-order valence-electron chi connectivity index (χ2n) is 7.20. The first-order valence-electron chi connectivity index (χ1n) is 9.54. The third-order valence-corrected chi connectivity index (χ3v) is 5.13. The fourth-order valence-corrected chi connectivity index (χ4v) is 3.82. The van der Waals surface area contributed by atoms with Crippen LogP contribution in [-0.4, -0.2) is 37.5 Å². The average molecular weight is 377 g/mol. The molecule has 1 unspecified atom stereocenters. The molecular formula is C21H23N5O2. The van der Waals surface area contributed by atoms with Crippen LogP contribution in [0.15, 0.2) is 35.1 Å². The molecule has 4 heterocycles. The second kappa shape index (κ2) is 7.50. The quantitative estimate of drug-likeness (QED) is 0.690. The largest absolute Gasteiger partial charge is 0.361 e. The molecule has 0 aliphatic carbocycles. The van der Waals surface area contributed by atoms with Gasteiger partial charge in [-0.15, -0.1) is 0 Å². The van der Waals surface area contributed by atoms with E-state index < -0.39 is 0 Å². The molecule has 7 nitrogen and oxygen atoms in total. The molecule has 28 heavy (non-hydrogen) atoms. The number of piperidine rings is 1. The van der Waals surface area contributed by atoms with Gasteiger partial charge in [0.25, 0.3) is 5.91 Å². The molecule has 1 saturated heterocycles. The lowest BCUT2D eigenvalue weighted by Crippen LogP contribution is -2.39. The van der Waals surface area contributed by atoms with Crippen molar-refractivity contribution in [3.05, 3.63) is 59.1 Å². The first kappa shape index (κ1) is 18.3. The Morgan fingerprint density at radius 2 is 2.07 bits per heavy atom. The molecule has 1 atom stereocenters. The maximum Gasteiger partial charge on any atom is 0.256 e. The summed E-state index contributed by atoms with van der Waals surface area (Å²) in [4.78, 5) is 28.6. The van der Waals surface area contributed by atoms with Crippen molar-refractivity contribution in [2.24, 2.45) is 0 Å². The smallest absolute Gasteiger partial charge is 0.256 e. The van der Waals surface area contributed by atoms with Gasteiger partial charge in [-0.3, -0.25) is 9.78 Å². The minimum absolute atomic E-state index is 0.0261. The van der Waals surface area contributed by atoms with Crippen LogP contribution in [0.1, 0.15) is 58.6 Å². The molecule has 1 aliphatic heterocycles. The summed E-state index contributed by atoms with van der Waals surface area (Å²) in [7, 11) is 0. The van der Waals surface area contributed by atoms with Crippen LogP contribution in [-0.2, 0) is 0 Å². The van der Waals surface area contributed by atoms with Crippen molar-refractivity contribution in [1.29, 1.82) is 0 Å². The number of carbonyl (C=O) groups excluding carboxylic acids is 1. The standard InChI is InChI=1S/C21H23N5O2/c1-13-11-17(19-14(2)25-28-15(19)3)24-20(23-13)18-8-4-5-10-26(18)21(27)16-7-6-9-22-12-16/h6-7,9,11-12,18H,4-5,8,10H2,1-3H3. The molecule has 0 N–H and O–H groups in total. The Kier molecular flexibility index (Phi) is 4.90. The number of likely N-dealkylation sites (tertiary alicyclic amines) is 1. The molecule has 0 aromatic carbocycles. The normalized spacial score (nSPS) is 17.0. The van der Waals surface area contributed by atoms with Crippen LogP contribution in [0.2, 0.25) is 0 Å². The Bertz CT molecular complexity index is 980.